The van der Waals surface area contributed by atoms with Gasteiger partial charge >= 0.3 is 0 Å². The molecule has 3 aromatic carbocycles. The molecular weight excluding hydrogens is 378 g/mol. The van der Waals surface area contributed by atoms with Crippen LogP contribution in [-0.2, 0) is 11.2 Å². The van der Waals surface area contributed by atoms with Gasteiger partial charge in [0, 0.05) is 12.6 Å². The maximum atomic E-state index is 12.8. The van der Waals surface area contributed by atoms with E-state index in [1.165, 1.54) is 6.26 Å². The minimum atomic E-state index is -0.202. The van der Waals surface area contributed by atoms with Crippen LogP contribution in [0.25, 0.3) is 22.1 Å². The summed E-state index contributed by atoms with van der Waals surface area (Å²) in [5.41, 5.74) is 2.79. The molecule has 1 heterocycles. The molecule has 150 valence electrons. The van der Waals surface area contributed by atoms with Crippen LogP contribution in [-0.4, -0.2) is 19.1 Å². The molecule has 0 aliphatic heterocycles. The van der Waals surface area contributed by atoms with Crippen molar-refractivity contribution in [3.05, 3.63) is 101 Å². The average Bonchev–Trinajstić information content (AvgIpc) is 2.79. The minimum Gasteiger partial charge on any atom is -0.484 e. The first kappa shape index (κ1) is 19.5. The van der Waals surface area contributed by atoms with E-state index in [1.54, 1.807) is 18.2 Å². The minimum absolute atomic E-state index is 0.104. The zero-order valence-electron chi connectivity index (χ0n) is 16.3. The van der Waals surface area contributed by atoms with Crippen molar-refractivity contribution in [2.75, 3.05) is 13.2 Å². The highest BCUT2D eigenvalue weighted by atomic mass is 16.5. The molecule has 0 unspecified atom stereocenters. The molecule has 5 heteroatoms. The van der Waals surface area contributed by atoms with Crippen molar-refractivity contribution in [1.82, 2.24) is 5.32 Å². The number of benzene rings is 3. The van der Waals surface area contributed by atoms with Crippen molar-refractivity contribution in [2.45, 2.75) is 6.42 Å². The molecule has 0 aliphatic rings. The summed E-state index contributed by atoms with van der Waals surface area (Å²) >= 11 is 0. The smallest absolute Gasteiger partial charge is 0.257 e. The maximum Gasteiger partial charge on any atom is 0.257 e. The molecule has 0 atom stereocenters. The quantitative estimate of drug-likeness (QED) is 0.506. The van der Waals surface area contributed by atoms with Gasteiger partial charge in [-0.25, -0.2) is 0 Å². The lowest BCUT2D eigenvalue weighted by Crippen LogP contribution is -2.30. The Bertz CT molecular complexity index is 1200. The highest BCUT2D eigenvalue weighted by Crippen LogP contribution is 2.23. The number of fused-ring (bicyclic) bond motifs is 1. The van der Waals surface area contributed by atoms with E-state index in [1.807, 2.05) is 60.7 Å². The molecule has 0 spiro atoms. The number of carbonyl (C=O) groups excluding carboxylic acids is 1. The third-order valence-corrected chi connectivity index (χ3v) is 4.78. The molecule has 0 aliphatic carbocycles. The second-order valence-corrected chi connectivity index (χ2v) is 6.88. The third kappa shape index (κ3) is 4.58. The summed E-state index contributed by atoms with van der Waals surface area (Å²) in [5, 5.41) is 3.30. The Morgan fingerprint density at radius 3 is 2.43 bits per heavy atom. The first-order valence-corrected chi connectivity index (χ1v) is 9.75. The summed E-state index contributed by atoms with van der Waals surface area (Å²) in [4.78, 5) is 24.8. The van der Waals surface area contributed by atoms with Crippen LogP contribution in [0.5, 0.6) is 5.75 Å². The number of hydrogen-bond donors (Lipinski definition) is 1. The summed E-state index contributed by atoms with van der Waals surface area (Å²) in [6, 6.07) is 24.3. The van der Waals surface area contributed by atoms with E-state index in [0.29, 0.717) is 28.8 Å². The van der Waals surface area contributed by atoms with Crippen LogP contribution in [0.1, 0.15) is 5.56 Å². The van der Waals surface area contributed by atoms with Gasteiger partial charge in [-0.3, -0.25) is 9.59 Å². The van der Waals surface area contributed by atoms with Crippen LogP contribution in [0.15, 0.2) is 94.3 Å². The van der Waals surface area contributed by atoms with E-state index in [-0.39, 0.29) is 17.9 Å². The van der Waals surface area contributed by atoms with Gasteiger partial charge < -0.3 is 14.5 Å². The summed E-state index contributed by atoms with van der Waals surface area (Å²) in [6.45, 7) is 0.438. The Morgan fingerprint density at radius 1 is 0.933 bits per heavy atom. The number of nitrogens with one attached hydrogen (secondary N) is 1. The highest BCUT2D eigenvalue weighted by Gasteiger charge is 2.10. The first-order valence-electron chi connectivity index (χ1n) is 9.75. The zero-order chi connectivity index (χ0) is 20.8. The summed E-state index contributed by atoms with van der Waals surface area (Å²) in [7, 11) is 0. The lowest BCUT2D eigenvalue weighted by Gasteiger charge is -2.08. The van der Waals surface area contributed by atoms with Gasteiger partial charge in [-0.15, -0.1) is 0 Å². The van der Waals surface area contributed by atoms with Crippen molar-refractivity contribution in [2.24, 2.45) is 0 Å². The lowest BCUT2D eigenvalue weighted by atomic mass is 10.1. The van der Waals surface area contributed by atoms with Gasteiger partial charge in [0.25, 0.3) is 5.91 Å². The fourth-order valence-electron chi connectivity index (χ4n) is 3.21. The molecule has 5 nitrogen and oxygen atoms in total. The van der Waals surface area contributed by atoms with Crippen LogP contribution in [0.2, 0.25) is 0 Å². The molecular formula is C25H21NO4. The molecule has 1 amide bonds. The Labute approximate surface area is 173 Å². The fraction of sp³-hybridized carbons (Fsp3) is 0.120. The van der Waals surface area contributed by atoms with Crippen LogP contribution >= 0.6 is 0 Å². The predicted octanol–water partition coefficient (Wildman–Crippen LogP) is 4.20. The molecule has 0 bridgehead atoms. The van der Waals surface area contributed by atoms with E-state index in [9.17, 15) is 9.59 Å². The van der Waals surface area contributed by atoms with E-state index in [4.69, 9.17) is 9.15 Å². The van der Waals surface area contributed by atoms with E-state index in [0.717, 1.165) is 17.5 Å². The number of rotatable bonds is 7. The Hall–Kier alpha value is -3.86. The van der Waals surface area contributed by atoms with E-state index < -0.39 is 0 Å². The molecule has 1 aromatic heterocycles. The van der Waals surface area contributed by atoms with Gasteiger partial charge in [0.1, 0.15) is 17.6 Å². The predicted molar refractivity (Wildman–Crippen MR) is 117 cm³/mol. The highest BCUT2D eigenvalue weighted by molar-refractivity contribution is 5.83. The maximum absolute atomic E-state index is 12.8. The lowest BCUT2D eigenvalue weighted by molar-refractivity contribution is -0.123. The Morgan fingerprint density at radius 2 is 1.67 bits per heavy atom. The standard InChI is InChI=1S/C25H21NO4/c27-24(26-14-13-18-7-3-1-4-8-18)17-29-20-11-12-21-23(15-20)30-16-22(25(21)28)19-9-5-2-6-10-19/h1-12,15-16H,13-14,17H2,(H,26,27). The van der Waals surface area contributed by atoms with Crippen molar-refractivity contribution >= 4 is 16.9 Å². The Balaban J connectivity index is 1.38. The molecule has 0 fully saturated rings. The van der Waals surface area contributed by atoms with Gasteiger partial charge in [0.05, 0.1) is 10.9 Å². The van der Waals surface area contributed by atoms with Crippen molar-refractivity contribution in [3.8, 4) is 16.9 Å². The molecule has 0 radical (unpaired) electrons. The molecule has 0 saturated heterocycles. The van der Waals surface area contributed by atoms with E-state index in [2.05, 4.69) is 5.32 Å². The molecule has 0 saturated carbocycles. The van der Waals surface area contributed by atoms with Gasteiger partial charge in [0.2, 0.25) is 0 Å². The summed E-state index contributed by atoms with van der Waals surface area (Å²) in [6.07, 6.45) is 2.22. The third-order valence-electron chi connectivity index (χ3n) is 4.78. The molecule has 1 N–H and O–H groups in total. The Kier molecular flexibility index (Phi) is 5.90. The largest absolute Gasteiger partial charge is 0.484 e. The number of ether oxygens (including phenoxy) is 1. The average molecular weight is 399 g/mol. The normalized spacial score (nSPS) is 10.7. The van der Waals surface area contributed by atoms with Crippen molar-refractivity contribution in [1.29, 1.82) is 0 Å². The zero-order valence-corrected chi connectivity index (χ0v) is 16.3. The van der Waals surface area contributed by atoms with Gasteiger partial charge in [-0.2, -0.15) is 0 Å². The van der Waals surface area contributed by atoms with Crippen molar-refractivity contribution < 1.29 is 13.9 Å². The van der Waals surface area contributed by atoms with Gasteiger partial charge in [-0.1, -0.05) is 60.7 Å². The molecule has 4 aromatic rings. The first-order chi connectivity index (χ1) is 14.7. The molecule has 30 heavy (non-hydrogen) atoms. The van der Waals surface area contributed by atoms with Crippen LogP contribution < -0.4 is 15.5 Å². The van der Waals surface area contributed by atoms with Gasteiger partial charge in [0.15, 0.2) is 12.0 Å². The SMILES string of the molecule is O=C(COc1ccc2c(=O)c(-c3ccccc3)coc2c1)NCCc1ccccc1. The summed E-state index contributed by atoms with van der Waals surface area (Å²) < 4.78 is 11.2. The second-order valence-electron chi connectivity index (χ2n) is 6.88. The second kappa shape index (κ2) is 9.09. The van der Waals surface area contributed by atoms with Gasteiger partial charge in [-0.05, 0) is 29.7 Å². The fourth-order valence-corrected chi connectivity index (χ4v) is 3.21. The van der Waals surface area contributed by atoms with E-state index >= 15 is 0 Å². The number of amides is 1. The summed E-state index contributed by atoms with van der Waals surface area (Å²) in [5.74, 6) is 0.267. The van der Waals surface area contributed by atoms with Crippen molar-refractivity contribution in [3.63, 3.8) is 0 Å². The van der Waals surface area contributed by atoms with Crippen LogP contribution in [0.3, 0.4) is 0 Å². The number of hydrogen-bond acceptors (Lipinski definition) is 4. The topological polar surface area (TPSA) is 68.5 Å². The molecule has 4 rings (SSSR count). The van der Waals surface area contributed by atoms with Crippen LogP contribution in [0.4, 0.5) is 0 Å². The number of carbonyl (C=O) groups is 1. The van der Waals surface area contributed by atoms with Crippen LogP contribution in [0, 0.1) is 0 Å². The monoisotopic (exact) mass is 399 g/mol.